The van der Waals surface area contributed by atoms with Gasteiger partial charge in [-0.25, -0.2) is 0 Å². The summed E-state index contributed by atoms with van der Waals surface area (Å²) in [4.78, 5) is 2.49. The lowest BCUT2D eigenvalue weighted by Gasteiger charge is -2.20. The molecule has 2 rings (SSSR count). The number of rotatable bonds is 2. The van der Waals surface area contributed by atoms with Gasteiger partial charge in [-0.05, 0) is 37.0 Å². The lowest BCUT2D eigenvalue weighted by Crippen LogP contribution is -2.18. The van der Waals surface area contributed by atoms with Gasteiger partial charge in [-0.2, -0.15) is 0 Å². The Hall–Kier alpha value is -0.500. The summed E-state index contributed by atoms with van der Waals surface area (Å²) >= 11 is 3.49. The summed E-state index contributed by atoms with van der Waals surface area (Å²) in [6.07, 6.45) is 2.69. The van der Waals surface area contributed by atoms with Gasteiger partial charge in [0.25, 0.3) is 0 Å². The molecule has 0 radical (unpaired) electrons. The summed E-state index contributed by atoms with van der Waals surface area (Å²) in [5, 5.41) is 0.952. The second kappa shape index (κ2) is 4.35. The van der Waals surface area contributed by atoms with Crippen LogP contribution in [0.1, 0.15) is 24.0 Å². The Morgan fingerprint density at radius 1 is 1.29 bits per heavy atom. The Morgan fingerprint density at radius 2 is 2.00 bits per heavy atom. The zero-order valence-corrected chi connectivity index (χ0v) is 10.2. The number of alkyl halides is 1. The Labute approximate surface area is 94.2 Å². The van der Waals surface area contributed by atoms with Crippen molar-refractivity contribution in [3.05, 3.63) is 29.3 Å². The van der Waals surface area contributed by atoms with Crippen LogP contribution in [0.25, 0.3) is 0 Å². The first-order valence-electron chi connectivity index (χ1n) is 5.21. The van der Waals surface area contributed by atoms with E-state index in [0.717, 1.165) is 5.33 Å². The minimum Gasteiger partial charge on any atom is -0.371 e. The van der Waals surface area contributed by atoms with Crippen LogP contribution in [-0.2, 0) is 5.33 Å². The van der Waals surface area contributed by atoms with Crippen LogP contribution in [0.2, 0.25) is 0 Å². The van der Waals surface area contributed by atoms with E-state index in [1.807, 2.05) is 0 Å². The fourth-order valence-corrected chi connectivity index (χ4v) is 2.46. The SMILES string of the molecule is Cc1cc(CBr)ccc1N1CCCC1. The Balaban J connectivity index is 2.25. The minimum absolute atomic E-state index is 0.952. The molecule has 0 spiro atoms. The first-order chi connectivity index (χ1) is 6.81. The van der Waals surface area contributed by atoms with Crippen LogP contribution in [0, 0.1) is 6.92 Å². The smallest absolute Gasteiger partial charge is 0.0396 e. The van der Waals surface area contributed by atoms with Gasteiger partial charge in [0.2, 0.25) is 0 Å². The van der Waals surface area contributed by atoms with E-state index in [-0.39, 0.29) is 0 Å². The zero-order valence-electron chi connectivity index (χ0n) is 8.59. The quantitative estimate of drug-likeness (QED) is 0.730. The molecule has 0 atom stereocenters. The van der Waals surface area contributed by atoms with E-state index in [9.17, 15) is 0 Å². The molecule has 1 aliphatic heterocycles. The molecule has 1 aliphatic rings. The number of benzene rings is 1. The monoisotopic (exact) mass is 253 g/mol. The van der Waals surface area contributed by atoms with E-state index in [2.05, 4.69) is 46.0 Å². The van der Waals surface area contributed by atoms with Crippen molar-refractivity contribution in [2.24, 2.45) is 0 Å². The topological polar surface area (TPSA) is 3.24 Å². The maximum Gasteiger partial charge on any atom is 0.0396 e. The molecule has 0 saturated carbocycles. The van der Waals surface area contributed by atoms with Crippen LogP contribution in [-0.4, -0.2) is 13.1 Å². The Morgan fingerprint density at radius 3 is 2.57 bits per heavy atom. The van der Waals surface area contributed by atoms with Crippen molar-refractivity contribution in [1.29, 1.82) is 0 Å². The van der Waals surface area contributed by atoms with Crippen molar-refractivity contribution in [2.45, 2.75) is 25.1 Å². The highest BCUT2D eigenvalue weighted by molar-refractivity contribution is 9.08. The lowest BCUT2D eigenvalue weighted by atomic mass is 10.1. The molecule has 2 heteroatoms. The van der Waals surface area contributed by atoms with E-state index < -0.39 is 0 Å². The van der Waals surface area contributed by atoms with E-state index in [4.69, 9.17) is 0 Å². The van der Waals surface area contributed by atoms with Gasteiger partial charge in [-0.1, -0.05) is 28.1 Å². The maximum atomic E-state index is 3.49. The van der Waals surface area contributed by atoms with Gasteiger partial charge in [0.05, 0.1) is 0 Å². The molecule has 0 bridgehead atoms. The third kappa shape index (κ3) is 1.95. The fraction of sp³-hybridized carbons (Fsp3) is 0.500. The molecular formula is C12H16BrN. The maximum absolute atomic E-state index is 3.49. The highest BCUT2D eigenvalue weighted by Crippen LogP contribution is 2.25. The molecule has 0 aliphatic carbocycles. The van der Waals surface area contributed by atoms with Crippen molar-refractivity contribution in [2.75, 3.05) is 18.0 Å². The van der Waals surface area contributed by atoms with Gasteiger partial charge in [0, 0.05) is 24.1 Å². The first kappa shape index (κ1) is 10.0. The Bertz CT molecular complexity index is 316. The highest BCUT2D eigenvalue weighted by atomic mass is 79.9. The van der Waals surface area contributed by atoms with E-state index in [1.54, 1.807) is 0 Å². The van der Waals surface area contributed by atoms with Crippen molar-refractivity contribution < 1.29 is 0 Å². The van der Waals surface area contributed by atoms with E-state index in [0.29, 0.717) is 0 Å². The second-order valence-corrected chi connectivity index (χ2v) is 4.51. The number of nitrogens with zero attached hydrogens (tertiary/aromatic N) is 1. The highest BCUT2D eigenvalue weighted by Gasteiger charge is 2.13. The van der Waals surface area contributed by atoms with E-state index in [1.165, 1.54) is 42.7 Å². The standard InChI is InChI=1S/C12H16BrN/c1-10-8-11(9-13)4-5-12(10)14-6-2-3-7-14/h4-5,8H,2-3,6-7,9H2,1H3. The van der Waals surface area contributed by atoms with Gasteiger partial charge < -0.3 is 4.90 Å². The third-order valence-electron chi connectivity index (χ3n) is 2.86. The van der Waals surface area contributed by atoms with Crippen LogP contribution < -0.4 is 4.90 Å². The molecule has 1 fully saturated rings. The molecule has 0 unspecified atom stereocenters. The normalized spacial score (nSPS) is 16.3. The minimum atomic E-state index is 0.952. The van der Waals surface area contributed by atoms with Crippen LogP contribution in [0.3, 0.4) is 0 Å². The first-order valence-corrected chi connectivity index (χ1v) is 6.34. The molecule has 1 heterocycles. The Kier molecular flexibility index (Phi) is 3.12. The predicted octanol–water partition coefficient (Wildman–Crippen LogP) is 3.49. The average Bonchev–Trinajstić information content (AvgIpc) is 2.70. The van der Waals surface area contributed by atoms with Crippen LogP contribution in [0.15, 0.2) is 18.2 Å². The van der Waals surface area contributed by atoms with E-state index >= 15 is 0 Å². The molecule has 14 heavy (non-hydrogen) atoms. The molecule has 1 aromatic carbocycles. The number of aryl methyl sites for hydroxylation is 1. The summed E-state index contributed by atoms with van der Waals surface area (Å²) in [6, 6.07) is 6.76. The zero-order chi connectivity index (χ0) is 9.97. The summed E-state index contributed by atoms with van der Waals surface area (Å²) in [6.45, 7) is 4.67. The largest absolute Gasteiger partial charge is 0.371 e. The van der Waals surface area contributed by atoms with Crippen molar-refractivity contribution in [3.63, 3.8) is 0 Å². The van der Waals surface area contributed by atoms with Crippen LogP contribution in [0.4, 0.5) is 5.69 Å². The number of hydrogen-bond acceptors (Lipinski definition) is 1. The third-order valence-corrected chi connectivity index (χ3v) is 3.51. The van der Waals surface area contributed by atoms with Crippen LogP contribution in [0.5, 0.6) is 0 Å². The summed E-state index contributed by atoms with van der Waals surface area (Å²) < 4.78 is 0. The second-order valence-electron chi connectivity index (χ2n) is 3.95. The summed E-state index contributed by atoms with van der Waals surface area (Å²) in [5.74, 6) is 0. The van der Waals surface area contributed by atoms with Gasteiger partial charge >= 0.3 is 0 Å². The summed E-state index contributed by atoms with van der Waals surface area (Å²) in [5.41, 5.74) is 4.20. The molecular weight excluding hydrogens is 238 g/mol. The average molecular weight is 254 g/mol. The molecule has 1 saturated heterocycles. The molecule has 1 aromatic rings. The van der Waals surface area contributed by atoms with Gasteiger partial charge in [0.1, 0.15) is 0 Å². The number of halogens is 1. The van der Waals surface area contributed by atoms with Crippen molar-refractivity contribution in [3.8, 4) is 0 Å². The molecule has 0 N–H and O–H groups in total. The van der Waals surface area contributed by atoms with Crippen molar-refractivity contribution >= 4 is 21.6 Å². The van der Waals surface area contributed by atoms with Gasteiger partial charge in [-0.3, -0.25) is 0 Å². The van der Waals surface area contributed by atoms with Crippen molar-refractivity contribution in [1.82, 2.24) is 0 Å². The fourth-order valence-electron chi connectivity index (χ4n) is 2.11. The number of hydrogen-bond donors (Lipinski definition) is 0. The number of anilines is 1. The predicted molar refractivity (Wildman–Crippen MR) is 65.3 cm³/mol. The lowest BCUT2D eigenvalue weighted by molar-refractivity contribution is 0.949. The molecule has 0 aromatic heterocycles. The van der Waals surface area contributed by atoms with Gasteiger partial charge in [-0.15, -0.1) is 0 Å². The van der Waals surface area contributed by atoms with Gasteiger partial charge in [0.15, 0.2) is 0 Å². The molecule has 1 nitrogen and oxygen atoms in total. The van der Waals surface area contributed by atoms with Crippen LogP contribution >= 0.6 is 15.9 Å². The summed E-state index contributed by atoms with van der Waals surface area (Å²) in [7, 11) is 0. The molecule has 0 amide bonds. The molecule has 76 valence electrons.